The van der Waals surface area contributed by atoms with Crippen molar-refractivity contribution in [3.8, 4) is 5.75 Å². The van der Waals surface area contributed by atoms with Crippen molar-refractivity contribution in [3.05, 3.63) is 99.9 Å². The molecule has 1 amide bonds. The van der Waals surface area contributed by atoms with E-state index in [1.807, 2.05) is 30.3 Å². The van der Waals surface area contributed by atoms with Gasteiger partial charge in [-0.05, 0) is 29.8 Å². The molecule has 0 aliphatic heterocycles. The van der Waals surface area contributed by atoms with E-state index in [-0.39, 0.29) is 17.9 Å². The lowest BCUT2D eigenvalue weighted by Gasteiger charge is -2.11. The lowest BCUT2D eigenvalue weighted by atomic mass is 10.2. The summed E-state index contributed by atoms with van der Waals surface area (Å²) in [4.78, 5) is 34.3. The fraction of sp³-hybridized carbons (Fsp3) is 0.0909. The van der Waals surface area contributed by atoms with Crippen LogP contribution in [0.3, 0.4) is 0 Å². The van der Waals surface area contributed by atoms with Gasteiger partial charge in [-0.2, -0.15) is 4.39 Å². The van der Waals surface area contributed by atoms with E-state index in [1.54, 1.807) is 18.2 Å². The number of hydrogen-bond acceptors (Lipinski definition) is 6. The van der Waals surface area contributed by atoms with Gasteiger partial charge in [0.1, 0.15) is 17.9 Å². The number of nitro benzene ring substituents is 1. The third-order valence-electron chi connectivity index (χ3n) is 4.11. The van der Waals surface area contributed by atoms with Crippen molar-refractivity contribution in [1.29, 1.82) is 0 Å². The molecule has 0 aromatic heterocycles. The SMILES string of the molecule is O=C(COC(=O)c1ccccc1OCc1ccccc1)Nc1ccc(F)c([N+](=O)[O-])c1. The average molecular weight is 424 g/mol. The molecule has 0 aliphatic rings. The lowest BCUT2D eigenvalue weighted by Crippen LogP contribution is -2.21. The van der Waals surface area contributed by atoms with Gasteiger partial charge in [0.15, 0.2) is 6.61 Å². The maximum absolute atomic E-state index is 13.4. The molecule has 0 bridgehead atoms. The predicted molar refractivity (Wildman–Crippen MR) is 109 cm³/mol. The Morgan fingerprint density at radius 3 is 2.45 bits per heavy atom. The van der Waals surface area contributed by atoms with Gasteiger partial charge in [-0.3, -0.25) is 14.9 Å². The molecule has 0 atom stereocenters. The van der Waals surface area contributed by atoms with E-state index in [0.717, 1.165) is 23.8 Å². The van der Waals surface area contributed by atoms with Crippen LogP contribution in [0.25, 0.3) is 0 Å². The number of hydrogen-bond donors (Lipinski definition) is 1. The Bertz CT molecular complexity index is 1100. The van der Waals surface area contributed by atoms with Crippen molar-refractivity contribution in [2.45, 2.75) is 6.61 Å². The first-order valence-corrected chi connectivity index (χ1v) is 9.10. The first-order valence-electron chi connectivity index (χ1n) is 9.10. The van der Waals surface area contributed by atoms with Gasteiger partial charge in [0.05, 0.1) is 4.92 Å². The number of nitrogens with zero attached hydrogens (tertiary/aromatic N) is 1. The molecule has 158 valence electrons. The molecule has 0 fully saturated rings. The number of nitrogens with one attached hydrogen (secondary N) is 1. The van der Waals surface area contributed by atoms with Crippen molar-refractivity contribution in [2.75, 3.05) is 11.9 Å². The third-order valence-corrected chi connectivity index (χ3v) is 4.11. The van der Waals surface area contributed by atoms with Crippen LogP contribution in [-0.2, 0) is 16.1 Å². The van der Waals surface area contributed by atoms with Gasteiger partial charge >= 0.3 is 11.7 Å². The Balaban J connectivity index is 1.59. The summed E-state index contributed by atoms with van der Waals surface area (Å²) in [6.45, 7) is -0.397. The number of anilines is 1. The van der Waals surface area contributed by atoms with E-state index in [1.165, 1.54) is 6.07 Å². The minimum atomic E-state index is -1.03. The summed E-state index contributed by atoms with van der Waals surface area (Å²) >= 11 is 0. The average Bonchev–Trinajstić information content (AvgIpc) is 2.78. The zero-order valence-electron chi connectivity index (χ0n) is 16.1. The molecule has 0 heterocycles. The molecular weight excluding hydrogens is 407 g/mol. The quantitative estimate of drug-likeness (QED) is 0.331. The molecule has 0 unspecified atom stereocenters. The number of para-hydroxylation sites is 1. The maximum Gasteiger partial charge on any atom is 0.342 e. The van der Waals surface area contributed by atoms with E-state index in [9.17, 15) is 24.1 Å². The molecule has 3 aromatic carbocycles. The molecule has 0 saturated heterocycles. The van der Waals surface area contributed by atoms with Gasteiger partial charge in [0, 0.05) is 11.8 Å². The largest absolute Gasteiger partial charge is 0.488 e. The first-order chi connectivity index (χ1) is 14.9. The number of ether oxygens (including phenoxy) is 2. The van der Waals surface area contributed by atoms with Crippen molar-refractivity contribution in [1.82, 2.24) is 0 Å². The van der Waals surface area contributed by atoms with Gasteiger partial charge < -0.3 is 14.8 Å². The molecule has 9 heteroatoms. The molecule has 31 heavy (non-hydrogen) atoms. The number of nitro groups is 1. The molecule has 0 radical (unpaired) electrons. The van der Waals surface area contributed by atoms with E-state index in [2.05, 4.69) is 5.32 Å². The van der Waals surface area contributed by atoms with Crippen LogP contribution in [-0.4, -0.2) is 23.4 Å². The second kappa shape index (κ2) is 9.97. The summed E-state index contributed by atoms with van der Waals surface area (Å²) in [6, 6.07) is 18.7. The van der Waals surface area contributed by atoms with E-state index in [4.69, 9.17) is 9.47 Å². The van der Waals surface area contributed by atoms with E-state index in [0.29, 0.717) is 5.75 Å². The molecule has 1 N–H and O–H groups in total. The number of halogens is 1. The van der Waals surface area contributed by atoms with Gasteiger partial charge in [-0.15, -0.1) is 0 Å². The van der Waals surface area contributed by atoms with Crippen LogP contribution < -0.4 is 10.1 Å². The second-order valence-corrected chi connectivity index (χ2v) is 6.32. The summed E-state index contributed by atoms with van der Waals surface area (Å²) in [5.41, 5.74) is 0.280. The number of amides is 1. The fourth-order valence-electron chi connectivity index (χ4n) is 2.63. The highest BCUT2D eigenvalue weighted by atomic mass is 19.1. The van der Waals surface area contributed by atoms with Crippen LogP contribution in [0.2, 0.25) is 0 Å². The van der Waals surface area contributed by atoms with Crippen LogP contribution in [0.15, 0.2) is 72.8 Å². The Morgan fingerprint density at radius 1 is 1.00 bits per heavy atom. The minimum absolute atomic E-state index is 0.000688. The Kier molecular flexibility index (Phi) is 6.89. The molecule has 0 spiro atoms. The highest BCUT2D eigenvalue weighted by Gasteiger charge is 2.18. The Labute approximate surface area is 176 Å². The van der Waals surface area contributed by atoms with Crippen LogP contribution in [0.5, 0.6) is 5.75 Å². The van der Waals surface area contributed by atoms with Crippen LogP contribution in [0, 0.1) is 15.9 Å². The predicted octanol–water partition coefficient (Wildman–Crippen LogP) is 4.11. The van der Waals surface area contributed by atoms with Gasteiger partial charge in [-0.1, -0.05) is 42.5 Å². The highest BCUT2D eigenvalue weighted by molar-refractivity contribution is 5.96. The molecule has 3 rings (SSSR count). The molecular formula is C22H17FN2O6. The number of rotatable bonds is 8. The molecule has 3 aromatic rings. The smallest absolute Gasteiger partial charge is 0.342 e. The van der Waals surface area contributed by atoms with E-state index >= 15 is 0 Å². The Morgan fingerprint density at radius 2 is 1.71 bits per heavy atom. The van der Waals surface area contributed by atoms with Crippen molar-refractivity contribution >= 4 is 23.3 Å². The summed E-state index contributed by atoms with van der Waals surface area (Å²) in [7, 11) is 0. The minimum Gasteiger partial charge on any atom is -0.488 e. The lowest BCUT2D eigenvalue weighted by molar-refractivity contribution is -0.387. The van der Waals surface area contributed by atoms with Crippen LogP contribution in [0.1, 0.15) is 15.9 Å². The topological polar surface area (TPSA) is 108 Å². The van der Waals surface area contributed by atoms with E-state index < -0.39 is 34.9 Å². The first kappa shape index (κ1) is 21.4. The van der Waals surface area contributed by atoms with Gasteiger partial charge in [0.25, 0.3) is 5.91 Å². The number of esters is 1. The zero-order valence-corrected chi connectivity index (χ0v) is 16.1. The number of carbonyl (C=O) groups is 2. The molecule has 8 nitrogen and oxygen atoms in total. The number of carbonyl (C=O) groups excluding carboxylic acids is 2. The Hall–Kier alpha value is -4.27. The zero-order chi connectivity index (χ0) is 22.2. The standard InChI is InChI=1S/C22H17FN2O6/c23-18-11-10-16(12-19(18)25(28)29)24-21(26)14-31-22(27)17-8-4-5-9-20(17)30-13-15-6-2-1-3-7-15/h1-12H,13-14H2,(H,24,26). The highest BCUT2D eigenvalue weighted by Crippen LogP contribution is 2.22. The maximum atomic E-state index is 13.4. The summed E-state index contributed by atoms with van der Waals surface area (Å²) < 4.78 is 24.1. The van der Waals surface area contributed by atoms with Gasteiger partial charge in [0.2, 0.25) is 5.82 Å². The molecule has 0 aliphatic carbocycles. The summed E-state index contributed by atoms with van der Waals surface area (Å²) in [6.07, 6.45) is 0. The normalized spacial score (nSPS) is 10.2. The fourth-order valence-corrected chi connectivity index (χ4v) is 2.63. The summed E-state index contributed by atoms with van der Waals surface area (Å²) in [5.74, 6) is -2.24. The monoisotopic (exact) mass is 424 g/mol. The van der Waals surface area contributed by atoms with Crippen molar-refractivity contribution in [2.24, 2.45) is 0 Å². The second-order valence-electron chi connectivity index (χ2n) is 6.32. The van der Waals surface area contributed by atoms with Crippen LogP contribution >= 0.6 is 0 Å². The van der Waals surface area contributed by atoms with Gasteiger partial charge in [-0.25, -0.2) is 4.79 Å². The number of benzene rings is 3. The van der Waals surface area contributed by atoms with Crippen LogP contribution in [0.4, 0.5) is 15.8 Å². The third kappa shape index (κ3) is 5.86. The van der Waals surface area contributed by atoms with Crippen molar-refractivity contribution in [3.63, 3.8) is 0 Å². The molecule has 0 saturated carbocycles. The summed E-state index contributed by atoms with van der Waals surface area (Å²) in [5, 5.41) is 13.1. The van der Waals surface area contributed by atoms with Crippen molar-refractivity contribution < 1.29 is 28.4 Å².